The minimum atomic E-state index is 0.224. The summed E-state index contributed by atoms with van der Waals surface area (Å²) in [5.41, 5.74) is 2.06. The number of amides is 1. The quantitative estimate of drug-likeness (QED) is 0.856. The molecule has 0 bridgehead atoms. The molecule has 2 heterocycles. The summed E-state index contributed by atoms with van der Waals surface area (Å²) in [5.74, 6) is 1.56. The van der Waals surface area contributed by atoms with E-state index in [0.717, 1.165) is 43.7 Å². The summed E-state index contributed by atoms with van der Waals surface area (Å²) in [4.78, 5) is 14.6. The minimum Gasteiger partial charge on any atom is -0.338 e. The van der Waals surface area contributed by atoms with Crippen LogP contribution < -0.4 is 5.32 Å². The van der Waals surface area contributed by atoms with Gasteiger partial charge in [-0.25, -0.2) is 0 Å². The van der Waals surface area contributed by atoms with Crippen molar-refractivity contribution in [2.75, 3.05) is 26.2 Å². The molecular weight excluding hydrogens is 224 g/mol. The Morgan fingerprint density at radius 3 is 2.61 bits per heavy atom. The number of rotatable bonds is 2. The Labute approximate surface area is 108 Å². The monoisotopic (exact) mass is 244 g/mol. The van der Waals surface area contributed by atoms with Gasteiger partial charge in [0.05, 0.1) is 0 Å². The molecule has 0 spiro atoms. The summed E-state index contributed by atoms with van der Waals surface area (Å²) in [6.45, 7) is 6.10. The lowest BCUT2D eigenvalue weighted by Gasteiger charge is -2.19. The Morgan fingerprint density at radius 1 is 1.28 bits per heavy atom. The van der Waals surface area contributed by atoms with Gasteiger partial charge in [-0.15, -0.1) is 0 Å². The fourth-order valence-electron chi connectivity index (χ4n) is 3.23. The van der Waals surface area contributed by atoms with Gasteiger partial charge in [0.15, 0.2) is 0 Å². The summed E-state index contributed by atoms with van der Waals surface area (Å²) >= 11 is 0. The van der Waals surface area contributed by atoms with Gasteiger partial charge in [-0.3, -0.25) is 4.79 Å². The fraction of sp³-hybridized carbons (Fsp3) is 0.533. The maximum Gasteiger partial charge on any atom is 0.254 e. The Bertz CT molecular complexity index is 446. The predicted molar refractivity (Wildman–Crippen MR) is 71.6 cm³/mol. The molecule has 1 N–H and O–H groups in total. The Kier molecular flexibility index (Phi) is 3.08. The van der Waals surface area contributed by atoms with Crippen LogP contribution in [0.2, 0.25) is 0 Å². The normalized spacial score (nSPS) is 26.4. The van der Waals surface area contributed by atoms with Crippen molar-refractivity contribution in [2.45, 2.75) is 13.3 Å². The molecule has 96 valence electrons. The molecule has 2 aliphatic rings. The second-order valence-corrected chi connectivity index (χ2v) is 5.40. The third-order valence-electron chi connectivity index (χ3n) is 4.31. The van der Waals surface area contributed by atoms with Crippen LogP contribution in [0.1, 0.15) is 22.8 Å². The van der Waals surface area contributed by atoms with Gasteiger partial charge in [0.25, 0.3) is 5.91 Å². The molecule has 2 fully saturated rings. The van der Waals surface area contributed by atoms with Crippen molar-refractivity contribution in [1.82, 2.24) is 10.2 Å². The van der Waals surface area contributed by atoms with Crippen LogP contribution in [0.4, 0.5) is 0 Å². The van der Waals surface area contributed by atoms with Gasteiger partial charge < -0.3 is 10.2 Å². The van der Waals surface area contributed by atoms with Crippen LogP contribution in [0, 0.1) is 11.8 Å². The van der Waals surface area contributed by atoms with E-state index in [1.165, 1.54) is 0 Å². The first-order valence-corrected chi connectivity index (χ1v) is 6.87. The third kappa shape index (κ3) is 1.93. The lowest BCUT2D eigenvalue weighted by atomic mass is 10.0. The van der Waals surface area contributed by atoms with E-state index < -0.39 is 0 Å². The minimum absolute atomic E-state index is 0.224. The Balaban J connectivity index is 1.79. The molecule has 0 aliphatic carbocycles. The molecule has 2 saturated heterocycles. The summed E-state index contributed by atoms with van der Waals surface area (Å²) in [7, 11) is 0. The van der Waals surface area contributed by atoms with E-state index in [1.807, 2.05) is 23.1 Å². The SMILES string of the molecule is CCc1ccccc1C(=O)N1C[C@H]2CNC[C@H]2C1. The Morgan fingerprint density at radius 2 is 1.94 bits per heavy atom. The zero-order valence-corrected chi connectivity index (χ0v) is 10.9. The molecule has 0 radical (unpaired) electrons. The van der Waals surface area contributed by atoms with Crippen molar-refractivity contribution < 1.29 is 4.79 Å². The van der Waals surface area contributed by atoms with Crippen LogP contribution in [0.25, 0.3) is 0 Å². The average molecular weight is 244 g/mol. The summed E-state index contributed by atoms with van der Waals surface area (Å²) in [6, 6.07) is 8.00. The van der Waals surface area contributed by atoms with Crippen LogP contribution in [0.3, 0.4) is 0 Å². The van der Waals surface area contributed by atoms with Crippen LogP contribution in [0.5, 0.6) is 0 Å². The van der Waals surface area contributed by atoms with Gasteiger partial charge >= 0.3 is 0 Å². The molecule has 0 unspecified atom stereocenters. The zero-order valence-electron chi connectivity index (χ0n) is 10.9. The topological polar surface area (TPSA) is 32.3 Å². The van der Waals surface area contributed by atoms with Gasteiger partial charge in [0.2, 0.25) is 0 Å². The van der Waals surface area contributed by atoms with E-state index in [1.54, 1.807) is 0 Å². The van der Waals surface area contributed by atoms with Gasteiger partial charge in [0, 0.05) is 31.7 Å². The first-order chi connectivity index (χ1) is 8.79. The number of benzene rings is 1. The lowest BCUT2D eigenvalue weighted by molar-refractivity contribution is 0.0780. The fourth-order valence-corrected chi connectivity index (χ4v) is 3.23. The first kappa shape index (κ1) is 11.7. The number of hydrogen-bond acceptors (Lipinski definition) is 2. The molecule has 18 heavy (non-hydrogen) atoms. The summed E-state index contributed by atoms with van der Waals surface area (Å²) in [5, 5.41) is 3.41. The highest BCUT2D eigenvalue weighted by atomic mass is 16.2. The maximum absolute atomic E-state index is 12.6. The number of nitrogens with zero attached hydrogens (tertiary/aromatic N) is 1. The molecule has 2 atom stereocenters. The molecule has 1 aromatic rings. The van der Waals surface area contributed by atoms with E-state index in [0.29, 0.717) is 11.8 Å². The van der Waals surface area contributed by atoms with Crippen molar-refractivity contribution >= 4 is 5.91 Å². The molecule has 3 rings (SSSR count). The maximum atomic E-state index is 12.6. The van der Waals surface area contributed by atoms with Gasteiger partial charge in [-0.2, -0.15) is 0 Å². The molecule has 0 aromatic heterocycles. The predicted octanol–water partition coefficient (Wildman–Crippen LogP) is 1.54. The standard InChI is InChI=1S/C15H20N2O/c1-2-11-5-3-4-6-14(11)15(18)17-9-12-7-16-8-13(12)10-17/h3-6,12-13,16H,2,7-10H2,1H3/t12-,13+. The van der Waals surface area contributed by atoms with Crippen molar-refractivity contribution in [3.8, 4) is 0 Å². The van der Waals surface area contributed by atoms with E-state index in [4.69, 9.17) is 0 Å². The number of hydrogen-bond donors (Lipinski definition) is 1. The third-order valence-corrected chi connectivity index (χ3v) is 4.31. The Hall–Kier alpha value is -1.35. The van der Waals surface area contributed by atoms with Gasteiger partial charge in [-0.05, 0) is 29.9 Å². The highest BCUT2D eigenvalue weighted by Crippen LogP contribution is 2.28. The van der Waals surface area contributed by atoms with Gasteiger partial charge in [0.1, 0.15) is 0 Å². The second-order valence-electron chi connectivity index (χ2n) is 5.40. The second kappa shape index (κ2) is 4.73. The molecule has 3 heteroatoms. The number of carbonyl (C=O) groups is 1. The van der Waals surface area contributed by atoms with E-state index in [2.05, 4.69) is 18.3 Å². The van der Waals surface area contributed by atoms with Crippen LogP contribution in [-0.4, -0.2) is 37.0 Å². The molecule has 0 saturated carbocycles. The molecule has 1 amide bonds. The molecule has 3 nitrogen and oxygen atoms in total. The van der Waals surface area contributed by atoms with Crippen molar-refractivity contribution in [3.63, 3.8) is 0 Å². The average Bonchev–Trinajstić information content (AvgIpc) is 2.98. The number of fused-ring (bicyclic) bond motifs is 1. The van der Waals surface area contributed by atoms with Crippen LogP contribution in [0.15, 0.2) is 24.3 Å². The van der Waals surface area contributed by atoms with Crippen molar-refractivity contribution in [2.24, 2.45) is 11.8 Å². The number of aryl methyl sites for hydroxylation is 1. The van der Waals surface area contributed by atoms with Crippen molar-refractivity contribution in [3.05, 3.63) is 35.4 Å². The molecular formula is C15H20N2O. The molecule has 2 aliphatic heterocycles. The van der Waals surface area contributed by atoms with E-state index in [-0.39, 0.29) is 5.91 Å². The van der Waals surface area contributed by atoms with Crippen molar-refractivity contribution in [1.29, 1.82) is 0 Å². The number of likely N-dealkylation sites (tertiary alicyclic amines) is 1. The largest absolute Gasteiger partial charge is 0.338 e. The summed E-state index contributed by atoms with van der Waals surface area (Å²) in [6.07, 6.45) is 0.921. The number of carbonyl (C=O) groups excluding carboxylic acids is 1. The highest BCUT2D eigenvalue weighted by Gasteiger charge is 2.38. The zero-order chi connectivity index (χ0) is 12.5. The molecule has 1 aromatic carbocycles. The smallest absolute Gasteiger partial charge is 0.254 e. The number of nitrogens with one attached hydrogen (secondary N) is 1. The lowest BCUT2D eigenvalue weighted by Crippen LogP contribution is -2.32. The van der Waals surface area contributed by atoms with Crippen LogP contribution >= 0.6 is 0 Å². The highest BCUT2D eigenvalue weighted by molar-refractivity contribution is 5.95. The van der Waals surface area contributed by atoms with Crippen LogP contribution in [-0.2, 0) is 6.42 Å². The van der Waals surface area contributed by atoms with Gasteiger partial charge in [-0.1, -0.05) is 25.1 Å². The summed E-state index contributed by atoms with van der Waals surface area (Å²) < 4.78 is 0. The van der Waals surface area contributed by atoms with E-state index in [9.17, 15) is 4.79 Å². The first-order valence-electron chi connectivity index (χ1n) is 6.87. The van der Waals surface area contributed by atoms with E-state index >= 15 is 0 Å².